The lowest BCUT2D eigenvalue weighted by molar-refractivity contribution is 0.0951. The van der Waals surface area contributed by atoms with Gasteiger partial charge in [-0.2, -0.15) is 5.10 Å². The van der Waals surface area contributed by atoms with Gasteiger partial charge in [0.25, 0.3) is 5.91 Å². The van der Waals surface area contributed by atoms with Crippen molar-refractivity contribution in [3.05, 3.63) is 95.1 Å². The van der Waals surface area contributed by atoms with Crippen LogP contribution in [0.5, 0.6) is 0 Å². The number of nitrogens with one attached hydrogen (secondary N) is 1. The van der Waals surface area contributed by atoms with Gasteiger partial charge in [0, 0.05) is 24.2 Å². The van der Waals surface area contributed by atoms with Crippen LogP contribution in [-0.4, -0.2) is 52.9 Å². The predicted molar refractivity (Wildman–Crippen MR) is 146 cm³/mol. The molecular weight excluding hydrogens is 472 g/mol. The number of nitrogens with zero attached hydrogens (tertiary/aromatic N) is 3. The predicted octanol–water partition coefficient (Wildman–Crippen LogP) is 5.59. The van der Waals surface area contributed by atoms with Crippen LogP contribution in [0.4, 0.5) is 0 Å². The summed E-state index contributed by atoms with van der Waals surface area (Å²) in [5.74, 6) is -0.0824. The van der Waals surface area contributed by atoms with E-state index >= 15 is 0 Å². The monoisotopic (exact) mass is 502 g/mol. The van der Waals surface area contributed by atoms with Crippen LogP contribution in [0.25, 0.3) is 28.1 Å². The van der Waals surface area contributed by atoms with E-state index in [1.807, 2.05) is 105 Å². The van der Waals surface area contributed by atoms with Crippen molar-refractivity contribution in [1.82, 2.24) is 20.0 Å². The van der Waals surface area contributed by atoms with Gasteiger partial charge < -0.3 is 15.3 Å². The molecule has 1 atom stereocenters. The van der Waals surface area contributed by atoms with Gasteiger partial charge >= 0.3 is 0 Å². The van der Waals surface area contributed by atoms with E-state index in [2.05, 4.69) is 10.4 Å². The van der Waals surface area contributed by atoms with Gasteiger partial charge in [0.2, 0.25) is 0 Å². The number of carbonyl (C=O) groups is 1. The zero-order valence-corrected chi connectivity index (χ0v) is 21.5. The third kappa shape index (κ3) is 5.85. The van der Waals surface area contributed by atoms with E-state index in [4.69, 9.17) is 11.6 Å². The molecule has 0 aliphatic rings. The molecule has 0 saturated carbocycles. The first-order valence-corrected chi connectivity index (χ1v) is 12.4. The van der Waals surface area contributed by atoms with Crippen molar-refractivity contribution in [2.75, 3.05) is 27.2 Å². The van der Waals surface area contributed by atoms with Crippen molar-refractivity contribution < 1.29 is 9.90 Å². The lowest BCUT2D eigenvalue weighted by Crippen LogP contribution is -2.31. The highest BCUT2D eigenvalue weighted by Gasteiger charge is 2.18. The molecule has 0 saturated heterocycles. The second-order valence-corrected chi connectivity index (χ2v) is 9.37. The van der Waals surface area contributed by atoms with Crippen LogP contribution in [0.15, 0.2) is 78.9 Å². The van der Waals surface area contributed by atoms with Crippen LogP contribution in [-0.2, 0) is 0 Å². The lowest BCUT2D eigenvalue weighted by Gasteiger charge is -2.12. The summed E-state index contributed by atoms with van der Waals surface area (Å²) >= 11 is 6.48. The quantitative estimate of drug-likeness (QED) is 0.313. The molecule has 1 unspecified atom stereocenters. The van der Waals surface area contributed by atoms with Gasteiger partial charge in [-0.15, -0.1) is 0 Å². The Labute approximate surface area is 217 Å². The minimum atomic E-state index is -0.654. The van der Waals surface area contributed by atoms with Crippen LogP contribution >= 0.6 is 11.6 Å². The molecule has 7 heteroatoms. The Morgan fingerprint density at radius 1 is 1.00 bits per heavy atom. The molecular formula is C29H31ClN4O2. The van der Waals surface area contributed by atoms with Crippen LogP contribution < -0.4 is 5.32 Å². The number of hydrogen-bond acceptors (Lipinski definition) is 4. The Morgan fingerprint density at radius 3 is 2.42 bits per heavy atom. The number of para-hydroxylation sites is 1. The minimum absolute atomic E-state index is 0.0824. The molecule has 0 spiro atoms. The molecule has 4 aromatic rings. The molecule has 0 aliphatic heterocycles. The number of halogens is 1. The second kappa shape index (κ2) is 11.5. The SMILES string of the molecule is CCC(O)c1cc(-c2ccc(-c3cccc(C(=O)NCCN(C)C)c3)cc2)n(-c2ccccc2Cl)n1. The Morgan fingerprint density at radius 2 is 1.72 bits per heavy atom. The van der Waals surface area contributed by atoms with Gasteiger partial charge in [0.1, 0.15) is 0 Å². The van der Waals surface area contributed by atoms with Gasteiger partial charge in [0.05, 0.1) is 28.2 Å². The highest BCUT2D eigenvalue weighted by atomic mass is 35.5. The first kappa shape index (κ1) is 25.6. The summed E-state index contributed by atoms with van der Waals surface area (Å²) in [6.45, 7) is 3.30. The van der Waals surface area contributed by atoms with E-state index in [0.29, 0.717) is 29.2 Å². The van der Waals surface area contributed by atoms with Gasteiger partial charge in [-0.3, -0.25) is 4.79 Å². The summed E-state index contributed by atoms with van der Waals surface area (Å²) in [6, 6.07) is 25.1. The zero-order chi connectivity index (χ0) is 25.7. The zero-order valence-electron chi connectivity index (χ0n) is 20.8. The molecule has 186 valence electrons. The van der Waals surface area contributed by atoms with Gasteiger partial charge in [-0.1, -0.05) is 67.1 Å². The van der Waals surface area contributed by atoms with Crippen molar-refractivity contribution in [3.63, 3.8) is 0 Å². The Balaban J connectivity index is 1.63. The van der Waals surface area contributed by atoms with Gasteiger partial charge in [-0.25, -0.2) is 4.68 Å². The van der Waals surface area contributed by atoms with E-state index in [-0.39, 0.29) is 5.91 Å². The van der Waals surface area contributed by atoms with Crippen LogP contribution in [0.2, 0.25) is 5.02 Å². The molecule has 1 heterocycles. The summed E-state index contributed by atoms with van der Waals surface area (Å²) in [4.78, 5) is 14.6. The van der Waals surface area contributed by atoms with Crippen LogP contribution in [0, 0.1) is 0 Å². The normalized spacial score (nSPS) is 12.1. The largest absolute Gasteiger partial charge is 0.387 e. The highest BCUT2D eigenvalue weighted by molar-refractivity contribution is 6.32. The number of aliphatic hydroxyl groups excluding tert-OH is 1. The van der Waals surface area contributed by atoms with E-state index in [1.165, 1.54) is 0 Å². The number of aromatic nitrogens is 2. The molecule has 0 aliphatic carbocycles. The fourth-order valence-electron chi connectivity index (χ4n) is 3.95. The Bertz CT molecular complexity index is 1330. The van der Waals surface area contributed by atoms with E-state index in [1.54, 1.807) is 4.68 Å². The van der Waals surface area contributed by atoms with Crippen molar-refractivity contribution in [2.45, 2.75) is 19.4 Å². The number of rotatable bonds is 9. The molecule has 3 aromatic carbocycles. The summed E-state index contributed by atoms with van der Waals surface area (Å²) in [6.07, 6.45) is -0.0878. The maximum atomic E-state index is 12.6. The van der Waals surface area contributed by atoms with Crippen molar-refractivity contribution >= 4 is 17.5 Å². The smallest absolute Gasteiger partial charge is 0.251 e. The average molecular weight is 503 g/mol. The number of hydrogen-bond donors (Lipinski definition) is 2. The molecule has 0 radical (unpaired) electrons. The highest BCUT2D eigenvalue weighted by Crippen LogP contribution is 2.31. The summed E-state index contributed by atoms with van der Waals surface area (Å²) in [7, 11) is 3.95. The van der Waals surface area contributed by atoms with Crippen LogP contribution in [0.1, 0.15) is 35.5 Å². The maximum absolute atomic E-state index is 12.6. The number of carbonyl (C=O) groups excluding carboxylic acids is 1. The summed E-state index contributed by atoms with van der Waals surface area (Å²) in [5.41, 5.74) is 5.72. The van der Waals surface area contributed by atoms with Crippen molar-refractivity contribution in [2.24, 2.45) is 0 Å². The lowest BCUT2D eigenvalue weighted by atomic mass is 10.0. The third-order valence-electron chi connectivity index (χ3n) is 6.02. The molecule has 0 fully saturated rings. The van der Waals surface area contributed by atoms with E-state index in [0.717, 1.165) is 34.6 Å². The molecule has 2 N–H and O–H groups in total. The summed E-state index contributed by atoms with van der Waals surface area (Å²) in [5, 5.41) is 18.6. The average Bonchev–Trinajstić information content (AvgIpc) is 3.33. The van der Waals surface area contributed by atoms with Gasteiger partial charge in [0.15, 0.2) is 0 Å². The Hall–Kier alpha value is -3.45. The first-order chi connectivity index (χ1) is 17.4. The minimum Gasteiger partial charge on any atom is -0.387 e. The Kier molecular flexibility index (Phi) is 8.21. The molecule has 4 rings (SSSR count). The molecule has 1 amide bonds. The fourth-order valence-corrected chi connectivity index (χ4v) is 4.17. The molecule has 36 heavy (non-hydrogen) atoms. The maximum Gasteiger partial charge on any atom is 0.251 e. The summed E-state index contributed by atoms with van der Waals surface area (Å²) < 4.78 is 1.78. The van der Waals surface area contributed by atoms with Crippen molar-refractivity contribution in [3.8, 4) is 28.1 Å². The molecule has 0 bridgehead atoms. The van der Waals surface area contributed by atoms with Gasteiger partial charge in [-0.05, 0) is 62.0 Å². The number of aliphatic hydroxyl groups is 1. The van der Waals surface area contributed by atoms with Crippen LogP contribution in [0.3, 0.4) is 0 Å². The topological polar surface area (TPSA) is 70.4 Å². The molecule has 1 aromatic heterocycles. The standard InChI is InChI=1S/C29H31ClN4O2/c1-4-28(35)25-19-27(34(32-25)26-11-6-5-10-24(26)30)21-14-12-20(13-15-21)22-8-7-9-23(18-22)29(36)31-16-17-33(2)3/h5-15,18-19,28,35H,4,16-17H2,1-3H3,(H,31,36). The third-order valence-corrected chi connectivity index (χ3v) is 6.34. The molecule has 6 nitrogen and oxygen atoms in total. The number of amides is 1. The fraction of sp³-hybridized carbons (Fsp3) is 0.241. The van der Waals surface area contributed by atoms with E-state index < -0.39 is 6.10 Å². The van der Waals surface area contributed by atoms with Crippen molar-refractivity contribution in [1.29, 1.82) is 0 Å². The first-order valence-electron chi connectivity index (χ1n) is 12.0. The number of benzene rings is 3. The van der Waals surface area contributed by atoms with E-state index in [9.17, 15) is 9.90 Å². The number of likely N-dealkylation sites (N-methyl/N-ethyl adjacent to an activating group) is 1. The second-order valence-electron chi connectivity index (χ2n) is 8.96.